The van der Waals surface area contributed by atoms with Gasteiger partial charge in [0.2, 0.25) is 0 Å². The maximum Gasteiger partial charge on any atom is 0.311 e. The predicted octanol–water partition coefficient (Wildman–Crippen LogP) is 2.26. The molecule has 1 aromatic rings. The Bertz CT molecular complexity index is 481. The number of hydrogen-bond acceptors (Lipinski definition) is 5. The molecule has 110 valence electrons. The van der Waals surface area contributed by atoms with E-state index in [1.165, 1.54) is 13.5 Å². The van der Waals surface area contributed by atoms with Crippen molar-refractivity contribution >= 4 is 5.69 Å². The maximum absolute atomic E-state index is 11.0. The molecule has 6 nitrogen and oxygen atoms in total. The van der Waals surface area contributed by atoms with Gasteiger partial charge in [0, 0.05) is 26.3 Å². The Balaban J connectivity index is 1.96. The number of benzene rings is 1. The molecule has 1 aliphatic rings. The van der Waals surface area contributed by atoms with Crippen molar-refractivity contribution in [3.63, 3.8) is 0 Å². The summed E-state index contributed by atoms with van der Waals surface area (Å²) in [7, 11) is 3.16. The number of nitro groups is 1. The van der Waals surface area contributed by atoms with Crippen LogP contribution in [0.1, 0.15) is 24.8 Å². The van der Waals surface area contributed by atoms with E-state index >= 15 is 0 Å². The second-order valence-corrected chi connectivity index (χ2v) is 5.11. The van der Waals surface area contributed by atoms with Gasteiger partial charge in [0.15, 0.2) is 5.75 Å². The lowest BCUT2D eigenvalue weighted by Gasteiger charge is -2.40. The van der Waals surface area contributed by atoms with Gasteiger partial charge in [-0.2, -0.15) is 0 Å². The molecule has 0 heterocycles. The van der Waals surface area contributed by atoms with Gasteiger partial charge < -0.3 is 14.8 Å². The van der Waals surface area contributed by atoms with Gasteiger partial charge in [-0.15, -0.1) is 0 Å². The molecule has 20 heavy (non-hydrogen) atoms. The highest BCUT2D eigenvalue weighted by Crippen LogP contribution is 2.34. The minimum absolute atomic E-state index is 0.00287. The molecule has 1 fully saturated rings. The zero-order chi connectivity index (χ0) is 14.6. The van der Waals surface area contributed by atoms with Gasteiger partial charge in [-0.3, -0.25) is 10.1 Å². The standard InChI is InChI=1S/C14H20N2O4/c1-19-13-5-4-11(8-12(13)16(17)18)9-15-10-14(20-2)6-3-7-14/h4-5,8,15H,3,6-7,9-10H2,1-2H3. The average molecular weight is 280 g/mol. The van der Waals surface area contributed by atoms with E-state index in [4.69, 9.17) is 9.47 Å². The van der Waals surface area contributed by atoms with Gasteiger partial charge in [0.1, 0.15) is 0 Å². The average Bonchev–Trinajstić information content (AvgIpc) is 2.41. The second kappa shape index (κ2) is 6.19. The summed E-state index contributed by atoms with van der Waals surface area (Å²) in [5.41, 5.74) is 0.818. The van der Waals surface area contributed by atoms with E-state index in [1.807, 2.05) is 6.07 Å². The Morgan fingerprint density at radius 2 is 2.15 bits per heavy atom. The molecule has 0 atom stereocenters. The van der Waals surface area contributed by atoms with Crippen LogP contribution in [0, 0.1) is 10.1 Å². The first kappa shape index (κ1) is 14.7. The van der Waals surface area contributed by atoms with Gasteiger partial charge in [0.05, 0.1) is 17.6 Å². The zero-order valence-electron chi connectivity index (χ0n) is 11.8. The number of nitro benzene ring substituents is 1. The van der Waals surface area contributed by atoms with Crippen molar-refractivity contribution in [3.8, 4) is 5.75 Å². The van der Waals surface area contributed by atoms with Crippen LogP contribution in [-0.4, -0.2) is 31.3 Å². The Hall–Kier alpha value is -1.66. The molecule has 1 saturated carbocycles. The Labute approximate surface area is 118 Å². The van der Waals surface area contributed by atoms with Crippen molar-refractivity contribution in [1.82, 2.24) is 5.32 Å². The van der Waals surface area contributed by atoms with Crippen molar-refractivity contribution in [2.75, 3.05) is 20.8 Å². The Morgan fingerprint density at radius 1 is 1.40 bits per heavy atom. The van der Waals surface area contributed by atoms with Crippen molar-refractivity contribution in [2.24, 2.45) is 0 Å². The summed E-state index contributed by atoms with van der Waals surface area (Å²) in [6, 6.07) is 5.01. The summed E-state index contributed by atoms with van der Waals surface area (Å²) in [6.45, 7) is 1.35. The van der Waals surface area contributed by atoms with Crippen LogP contribution in [0.5, 0.6) is 5.75 Å². The summed E-state index contributed by atoms with van der Waals surface area (Å²) in [5, 5.41) is 14.3. The highest BCUT2D eigenvalue weighted by atomic mass is 16.6. The fourth-order valence-corrected chi connectivity index (χ4v) is 2.45. The first-order chi connectivity index (χ1) is 9.60. The lowest BCUT2D eigenvalue weighted by atomic mass is 9.80. The van der Waals surface area contributed by atoms with Crippen LogP contribution in [0.25, 0.3) is 0 Å². The van der Waals surface area contributed by atoms with Gasteiger partial charge in [0.25, 0.3) is 0 Å². The predicted molar refractivity (Wildman–Crippen MR) is 74.9 cm³/mol. The zero-order valence-corrected chi connectivity index (χ0v) is 11.8. The molecule has 6 heteroatoms. The van der Waals surface area contributed by atoms with Gasteiger partial charge in [-0.05, 0) is 30.9 Å². The molecule has 1 aliphatic carbocycles. The summed E-state index contributed by atoms with van der Waals surface area (Å²) in [5.74, 6) is 0.283. The van der Waals surface area contributed by atoms with Gasteiger partial charge in [-0.1, -0.05) is 6.07 Å². The lowest BCUT2D eigenvalue weighted by Crippen LogP contribution is -2.47. The number of nitrogens with zero attached hydrogens (tertiary/aromatic N) is 1. The molecular formula is C14H20N2O4. The number of nitrogens with one attached hydrogen (secondary N) is 1. The van der Waals surface area contributed by atoms with Gasteiger partial charge in [-0.25, -0.2) is 0 Å². The Morgan fingerprint density at radius 3 is 2.65 bits per heavy atom. The molecule has 0 bridgehead atoms. The molecule has 0 spiro atoms. The van der Waals surface area contributed by atoms with E-state index in [0.29, 0.717) is 6.54 Å². The van der Waals surface area contributed by atoms with Crippen molar-refractivity contribution in [1.29, 1.82) is 0 Å². The van der Waals surface area contributed by atoms with E-state index < -0.39 is 4.92 Å². The first-order valence-corrected chi connectivity index (χ1v) is 6.67. The van der Waals surface area contributed by atoms with Crippen LogP contribution in [0.3, 0.4) is 0 Å². The third-order valence-electron chi connectivity index (χ3n) is 3.91. The minimum Gasteiger partial charge on any atom is -0.490 e. The molecule has 1 N–H and O–H groups in total. The fourth-order valence-electron chi connectivity index (χ4n) is 2.45. The minimum atomic E-state index is -0.426. The third-order valence-corrected chi connectivity index (χ3v) is 3.91. The lowest BCUT2D eigenvalue weighted by molar-refractivity contribution is -0.385. The van der Waals surface area contributed by atoms with Gasteiger partial charge >= 0.3 is 5.69 Å². The quantitative estimate of drug-likeness (QED) is 0.612. The molecule has 0 radical (unpaired) electrons. The van der Waals surface area contributed by atoms with Crippen LogP contribution >= 0.6 is 0 Å². The molecule has 0 unspecified atom stereocenters. The highest BCUT2D eigenvalue weighted by Gasteiger charge is 2.36. The molecule has 0 aromatic heterocycles. The van der Waals surface area contributed by atoms with E-state index in [1.54, 1.807) is 19.2 Å². The highest BCUT2D eigenvalue weighted by molar-refractivity contribution is 5.48. The third kappa shape index (κ3) is 3.08. The van der Waals surface area contributed by atoms with Crippen molar-refractivity contribution in [3.05, 3.63) is 33.9 Å². The molecule has 0 saturated heterocycles. The molecule has 0 aliphatic heterocycles. The Kier molecular flexibility index (Phi) is 4.57. The van der Waals surface area contributed by atoms with Crippen molar-refractivity contribution in [2.45, 2.75) is 31.4 Å². The summed E-state index contributed by atoms with van der Waals surface area (Å²) in [6.07, 6.45) is 3.34. The van der Waals surface area contributed by atoms with Crippen LogP contribution in [0.4, 0.5) is 5.69 Å². The second-order valence-electron chi connectivity index (χ2n) is 5.11. The summed E-state index contributed by atoms with van der Waals surface area (Å²) in [4.78, 5) is 10.5. The smallest absolute Gasteiger partial charge is 0.311 e. The van der Waals surface area contributed by atoms with Crippen molar-refractivity contribution < 1.29 is 14.4 Å². The largest absolute Gasteiger partial charge is 0.490 e. The summed E-state index contributed by atoms with van der Waals surface area (Å²) >= 11 is 0. The van der Waals surface area contributed by atoms with E-state index in [9.17, 15) is 10.1 Å². The number of methoxy groups -OCH3 is 2. The molecule has 2 rings (SSSR count). The van der Waals surface area contributed by atoms with E-state index in [0.717, 1.165) is 24.9 Å². The summed E-state index contributed by atoms with van der Waals surface area (Å²) < 4.78 is 10.5. The molecule has 1 aromatic carbocycles. The topological polar surface area (TPSA) is 73.6 Å². The number of ether oxygens (including phenoxy) is 2. The maximum atomic E-state index is 11.0. The van der Waals surface area contributed by atoms with E-state index in [2.05, 4.69) is 5.32 Å². The van der Waals surface area contributed by atoms with Crippen LogP contribution in [0.15, 0.2) is 18.2 Å². The monoisotopic (exact) mass is 280 g/mol. The van der Waals surface area contributed by atoms with Crippen LogP contribution in [0.2, 0.25) is 0 Å². The molecular weight excluding hydrogens is 260 g/mol. The first-order valence-electron chi connectivity index (χ1n) is 6.67. The normalized spacial score (nSPS) is 16.5. The number of rotatable bonds is 7. The van der Waals surface area contributed by atoms with E-state index in [-0.39, 0.29) is 17.0 Å². The van der Waals surface area contributed by atoms with Crippen LogP contribution < -0.4 is 10.1 Å². The molecule has 0 amide bonds. The SMILES string of the molecule is COc1ccc(CNCC2(OC)CCC2)cc1[N+](=O)[O-]. The fraction of sp³-hybridized carbons (Fsp3) is 0.571. The number of hydrogen-bond donors (Lipinski definition) is 1. The van der Waals surface area contributed by atoms with Crippen LogP contribution in [-0.2, 0) is 11.3 Å².